The van der Waals surface area contributed by atoms with Gasteiger partial charge in [-0.25, -0.2) is 9.37 Å². The minimum atomic E-state index is -0.595. The molecule has 3 N–H and O–H groups in total. The maximum absolute atomic E-state index is 13.6. The Morgan fingerprint density at radius 1 is 1.21 bits per heavy atom. The summed E-state index contributed by atoms with van der Waals surface area (Å²) in [5.74, 6) is -0.166. The van der Waals surface area contributed by atoms with Crippen LogP contribution in [-0.2, 0) is 17.8 Å². The Hall–Kier alpha value is -4.01. The van der Waals surface area contributed by atoms with E-state index in [-0.39, 0.29) is 23.8 Å². The zero-order chi connectivity index (χ0) is 23.5. The topological polar surface area (TPSA) is 99.2 Å². The molecule has 3 heterocycles. The summed E-state index contributed by atoms with van der Waals surface area (Å²) in [6, 6.07) is 13.7. The van der Waals surface area contributed by atoms with E-state index in [2.05, 4.69) is 32.0 Å². The summed E-state index contributed by atoms with van der Waals surface area (Å²) in [5.41, 5.74) is 3.19. The van der Waals surface area contributed by atoms with E-state index in [1.54, 1.807) is 12.1 Å². The molecule has 5 rings (SSSR count). The van der Waals surface area contributed by atoms with Gasteiger partial charge >= 0.3 is 0 Å². The van der Waals surface area contributed by atoms with Gasteiger partial charge in [0.2, 0.25) is 11.9 Å². The molecular weight excluding hydrogens is 435 g/mol. The second kappa shape index (κ2) is 9.46. The molecule has 3 aromatic rings. The number of aromatic nitrogens is 2. The van der Waals surface area contributed by atoms with Crippen LogP contribution in [0.15, 0.2) is 54.7 Å². The van der Waals surface area contributed by atoms with E-state index in [1.807, 2.05) is 23.1 Å². The number of nitrogens with zero attached hydrogens (tertiary/aromatic N) is 3. The summed E-state index contributed by atoms with van der Waals surface area (Å²) in [4.78, 5) is 36.4. The lowest BCUT2D eigenvalue weighted by Crippen LogP contribution is -2.50. The molecule has 2 aliphatic rings. The van der Waals surface area contributed by atoms with Crippen LogP contribution in [0.2, 0.25) is 0 Å². The molecule has 8 nitrogen and oxygen atoms in total. The van der Waals surface area contributed by atoms with E-state index >= 15 is 0 Å². The molecule has 2 amide bonds. The van der Waals surface area contributed by atoms with Gasteiger partial charge in [0, 0.05) is 31.5 Å². The van der Waals surface area contributed by atoms with E-state index < -0.39 is 11.9 Å². The van der Waals surface area contributed by atoms with Crippen LogP contribution in [0.1, 0.15) is 34.3 Å². The van der Waals surface area contributed by atoms with Crippen molar-refractivity contribution < 1.29 is 14.0 Å². The first-order chi connectivity index (χ1) is 16.6. The molecule has 0 saturated carbocycles. The molecule has 1 aromatic heterocycles. The van der Waals surface area contributed by atoms with Crippen LogP contribution in [0.25, 0.3) is 0 Å². The molecule has 0 aliphatic carbocycles. The maximum atomic E-state index is 13.6. The van der Waals surface area contributed by atoms with E-state index in [0.717, 1.165) is 25.1 Å². The number of hydrogen-bond donors (Lipinski definition) is 3. The summed E-state index contributed by atoms with van der Waals surface area (Å²) < 4.78 is 13.6. The molecule has 1 unspecified atom stereocenters. The average Bonchev–Trinajstić information content (AvgIpc) is 3.28. The first kappa shape index (κ1) is 21.8. The number of rotatable bonds is 6. The number of halogens is 1. The van der Waals surface area contributed by atoms with E-state index in [1.165, 1.54) is 23.9 Å². The highest BCUT2D eigenvalue weighted by molar-refractivity contribution is 6.01. The van der Waals surface area contributed by atoms with Crippen LogP contribution in [0, 0.1) is 5.82 Å². The lowest BCUT2D eigenvalue weighted by Gasteiger charge is -2.23. The number of carbonyl (C=O) groups is 2. The van der Waals surface area contributed by atoms with Crippen LogP contribution in [0.4, 0.5) is 21.8 Å². The largest absolute Gasteiger partial charge is 0.365 e. The Bertz CT molecular complexity index is 1230. The highest BCUT2D eigenvalue weighted by Crippen LogP contribution is 2.33. The van der Waals surface area contributed by atoms with Gasteiger partial charge in [-0.2, -0.15) is 4.98 Å². The third kappa shape index (κ3) is 4.54. The van der Waals surface area contributed by atoms with Crippen LogP contribution < -0.4 is 20.9 Å². The van der Waals surface area contributed by atoms with Crippen molar-refractivity contribution in [3.05, 3.63) is 77.2 Å². The van der Waals surface area contributed by atoms with Crippen molar-refractivity contribution in [1.82, 2.24) is 20.6 Å². The number of anilines is 3. The Labute approximate surface area is 196 Å². The summed E-state index contributed by atoms with van der Waals surface area (Å²) in [6.45, 7) is 1.62. The number of carbonyl (C=O) groups excluding carboxylic acids is 2. The SMILES string of the molecule is O=C(NC1CCCNC1=O)c1cnc(N2CCc3ccccc32)nc1NCc1cccc(F)c1. The molecule has 0 spiro atoms. The lowest BCUT2D eigenvalue weighted by molar-refractivity contribution is -0.124. The van der Waals surface area contributed by atoms with E-state index in [4.69, 9.17) is 0 Å². The molecular formula is C25H25FN6O2. The Morgan fingerprint density at radius 2 is 2.09 bits per heavy atom. The van der Waals surface area contributed by atoms with Gasteiger partial charge in [-0.3, -0.25) is 9.59 Å². The molecule has 1 saturated heterocycles. The van der Waals surface area contributed by atoms with E-state index in [0.29, 0.717) is 30.3 Å². The van der Waals surface area contributed by atoms with Gasteiger partial charge in [0.25, 0.3) is 5.91 Å². The fraction of sp³-hybridized carbons (Fsp3) is 0.280. The molecule has 0 bridgehead atoms. The van der Waals surface area contributed by atoms with Gasteiger partial charge in [0.05, 0.1) is 0 Å². The third-order valence-corrected chi connectivity index (χ3v) is 6.09. The second-order valence-electron chi connectivity index (χ2n) is 8.41. The number of nitrogens with one attached hydrogen (secondary N) is 3. The van der Waals surface area contributed by atoms with Crippen LogP contribution >= 0.6 is 0 Å². The first-order valence-corrected chi connectivity index (χ1v) is 11.4. The van der Waals surface area contributed by atoms with Crippen molar-refractivity contribution >= 4 is 29.3 Å². The van der Waals surface area contributed by atoms with Gasteiger partial charge in [0.15, 0.2) is 0 Å². The molecule has 174 valence electrons. The number of benzene rings is 2. The minimum absolute atomic E-state index is 0.194. The number of hydrogen-bond acceptors (Lipinski definition) is 6. The average molecular weight is 461 g/mol. The number of para-hydroxylation sites is 1. The fourth-order valence-electron chi connectivity index (χ4n) is 4.33. The Morgan fingerprint density at radius 3 is 2.94 bits per heavy atom. The molecule has 0 radical (unpaired) electrons. The molecule has 1 fully saturated rings. The van der Waals surface area contributed by atoms with Crippen LogP contribution in [0.5, 0.6) is 0 Å². The normalized spacial score (nSPS) is 17.1. The van der Waals surface area contributed by atoms with Gasteiger partial charge in [-0.15, -0.1) is 0 Å². The second-order valence-corrected chi connectivity index (χ2v) is 8.41. The number of amides is 2. The summed E-state index contributed by atoms with van der Waals surface area (Å²) in [5, 5.41) is 8.73. The smallest absolute Gasteiger partial charge is 0.257 e. The monoisotopic (exact) mass is 460 g/mol. The summed E-state index contributed by atoms with van der Waals surface area (Å²) >= 11 is 0. The summed E-state index contributed by atoms with van der Waals surface area (Å²) in [6.07, 6.45) is 3.73. The number of fused-ring (bicyclic) bond motifs is 1. The highest BCUT2D eigenvalue weighted by atomic mass is 19.1. The van der Waals surface area contributed by atoms with Gasteiger partial charge < -0.3 is 20.9 Å². The highest BCUT2D eigenvalue weighted by Gasteiger charge is 2.27. The summed E-state index contributed by atoms with van der Waals surface area (Å²) in [7, 11) is 0. The third-order valence-electron chi connectivity index (χ3n) is 6.09. The standard InChI is InChI=1S/C25H25FN6O2/c26-18-7-3-5-16(13-18)14-28-22-19(23(33)30-20-8-4-11-27-24(20)34)15-29-25(31-22)32-12-10-17-6-1-2-9-21(17)32/h1-3,5-7,9,13,15,20H,4,8,10-12,14H2,(H,27,34)(H,30,33)(H,28,29,31). The molecule has 34 heavy (non-hydrogen) atoms. The van der Waals surface area contributed by atoms with Gasteiger partial charge in [-0.05, 0) is 48.6 Å². The molecule has 2 aromatic carbocycles. The molecule has 9 heteroatoms. The van der Waals surface area contributed by atoms with Crippen molar-refractivity contribution in [2.45, 2.75) is 31.8 Å². The van der Waals surface area contributed by atoms with Crippen molar-refractivity contribution in [2.75, 3.05) is 23.3 Å². The van der Waals surface area contributed by atoms with Crippen molar-refractivity contribution in [1.29, 1.82) is 0 Å². The first-order valence-electron chi connectivity index (χ1n) is 11.4. The zero-order valence-electron chi connectivity index (χ0n) is 18.6. The predicted molar refractivity (Wildman–Crippen MR) is 126 cm³/mol. The van der Waals surface area contributed by atoms with Crippen molar-refractivity contribution in [2.24, 2.45) is 0 Å². The molecule has 1 atom stereocenters. The Kier molecular flexibility index (Phi) is 6.07. The predicted octanol–water partition coefficient (Wildman–Crippen LogP) is 2.93. The van der Waals surface area contributed by atoms with Gasteiger partial charge in [0.1, 0.15) is 23.2 Å². The minimum Gasteiger partial charge on any atom is -0.365 e. The van der Waals surface area contributed by atoms with E-state index in [9.17, 15) is 14.0 Å². The Balaban J connectivity index is 1.43. The van der Waals surface area contributed by atoms with Crippen molar-refractivity contribution in [3.63, 3.8) is 0 Å². The van der Waals surface area contributed by atoms with Crippen LogP contribution in [0.3, 0.4) is 0 Å². The quantitative estimate of drug-likeness (QED) is 0.523. The molecule has 2 aliphatic heterocycles. The number of piperidine rings is 1. The zero-order valence-corrected chi connectivity index (χ0v) is 18.6. The van der Waals surface area contributed by atoms with Crippen LogP contribution in [-0.4, -0.2) is 40.9 Å². The maximum Gasteiger partial charge on any atom is 0.257 e. The van der Waals surface area contributed by atoms with Crippen molar-refractivity contribution in [3.8, 4) is 0 Å². The van der Waals surface area contributed by atoms with Gasteiger partial charge in [-0.1, -0.05) is 30.3 Å². The lowest BCUT2D eigenvalue weighted by atomic mass is 10.1. The fourth-order valence-corrected chi connectivity index (χ4v) is 4.33.